The highest BCUT2D eigenvalue weighted by atomic mass is 16.3. The molecule has 0 bridgehead atoms. The predicted octanol–water partition coefficient (Wildman–Crippen LogP) is 1.95. The number of aliphatic hydroxyl groups excluding tert-OH is 3. The van der Waals surface area contributed by atoms with Crippen LogP contribution in [0.15, 0.2) is 40.9 Å². The third kappa shape index (κ3) is 3.52. The maximum absolute atomic E-state index is 13.7. The van der Waals surface area contributed by atoms with Gasteiger partial charge in [-0.1, -0.05) is 32.4 Å². The molecule has 3 aliphatic rings. The Hall–Kier alpha value is -2.72. The molecule has 196 valence electrons. The number of nitrogens with one attached hydrogen (secondary N) is 1. The van der Waals surface area contributed by atoms with Gasteiger partial charge in [-0.3, -0.25) is 14.5 Å². The van der Waals surface area contributed by atoms with Crippen molar-refractivity contribution in [3.05, 3.63) is 52.0 Å². The van der Waals surface area contributed by atoms with E-state index in [0.717, 1.165) is 6.42 Å². The van der Waals surface area contributed by atoms with Crippen molar-refractivity contribution < 1.29 is 35.1 Å². The Morgan fingerprint density at radius 1 is 1.19 bits per heavy atom. The van der Waals surface area contributed by atoms with Crippen LogP contribution in [0.1, 0.15) is 55.5 Å². The van der Waals surface area contributed by atoms with E-state index in [9.17, 15) is 35.1 Å². The SMILES string of the molecule is CCCCN[C@@H]1C(C(C)=O)=C(O)[C@@H](N(C)C)[C@@H]2[C@@H](O)[C@H]3C(=C(O)[C@@]21O)C(=O)c1c(O)cccc1[C@@H]3C. The number of hydrogen-bond acceptors (Lipinski definition) is 9. The number of likely N-dealkylation sites (N-methyl/N-ethyl adjacent to an activating group) is 1. The predicted molar refractivity (Wildman–Crippen MR) is 133 cm³/mol. The van der Waals surface area contributed by atoms with Crippen LogP contribution in [0.2, 0.25) is 0 Å². The van der Waals surface area contributed by atoms with E-state index in [0.29, 0.717) is 18.5 Å². The number of aliphatic hydroxyl groups is 4. The Kier molecular flexibility index (Phi) is 6.81. The normalized spacial score (nSPS) is 33.9. The minimum Gasteiger partial charge on any atom is -0.510 e. The van der Waals surface area contributed by atoms with Crippen molar-refractivity contribution >= 4 is 11.6 Å². The van der Waals surface area contributed by atoms with Gasteiger partial charge in [-0.05, 0) is 51.5 Å². The van der Waals surface area contributed by atoms with Gasteiger partial charge in [0.2, 0.25) is 0 Å². The highest BCUT2D eigenvalue weighted by molar-refractivity contribution is 6.14. The molecule has 6 N–H and O–H groups in total. The van der Waals surface area contributed by atoms with Gasteiger partial charge in [0, 0.05) is 17.4 Å². The van der Waals surface area contributed by atoms with E-state index in [2.05, 4.69) is 5.32 Å². The van der Waals surface area contributed by atoms with Gasteiger partial charge < -0.3 is 30.8 Å². The van der Waals surface area contributed by atoms with E-state index in [1.54, 1.807) is 38.1 Å². The molecular formula is C27H36N2O7. The lowest BCUT2D eigenvalue weighted by Gasteiger charge is -2.57. The zero-order valence-corrected chi connectivity index (χ0v) is 21.3. The summed E-state index contributed by atoms with van der Waals surface area (Å²) in [6.07, 6.45) is 0.144. The molecule has 9 heteroatoms. The minimum atomic E-state index is -2.28. The number of fused-ring (bicyclic) bond motifs is 3. The van der Waals surface area contributed by atoms with Crippen LogP contribution in [0.4, 0.5) is 0 Å². The fraction of sp³-hybridized carbons (Fsp3) is 0.556. The molecule has 0 radical (unpaired) electrons. The van der Waals surface area contributed by atoms with Crippen molar-refractivity contribution in [2.75, 3.05) is 20.6 Å². The minimum absolute atomic E-state index is 0.0256. The van der Waals surface area contributed by atoms with Crippen LogP contribution >= 0.6 is 0 Å². The standard InChI is InChI=1S/C27H36N2O7/c1-6-7-11-28-25-17(13(3)30)24(34)21(29(4)5)20-23(33)16-12(2)14-9-8-10-15(31)18(14)22(32)19(16)26(35)27(20,25)36/h8-10,12,16,20-21,23,25,28,31,33-36H,6-7,11H2,1-5H3/t12-,16+,20+,21-,23-,25+,27+/m0/s1. The number of ketones is 2. The highest BCUT2D eigenvalue weighted by Gasteiger charge is 2.66. The molecule has 0 saturated heterocycles. The Morgan fingerprint density at radius 2 is 1.86 bits per heavy atom. The molecule has 0 amide bonds. The number of phenolic OH excluding ortho intramolecular Hbond substituents is 1. The first-order valence-electron chi connectivity index (χ1n) is 12.4. The second kappa shape index (κ2) is 9.30. The van der Waals surface area contributed by atoms with E-state index in [-0.39, 0.29) is 28.2 Å². The molecule has 0 unspecified atom stereocenters. The van der Waals surface area contributed by atoms with Crippen LogP contribution in [0, 0.1) is 11.8 Å². The topological polar surface area (TPSA) is 151 Å². The van der Waals surface area contributed by atoms with Gasteiger partial charge in [0.1, 0.15) is 22.9 Å². The van der Waals surface area contributed by atoms with Crippen LogP contribution in [-0.2, 0) is 4.79 Å². The van der Waals surface area contributed by atoms with Crippen molar-refractivity contribution in [3.8, 4) is 5.75 Å². The van der Waals surface area contributed by atoms with Crippen LogP contribution in [-0.4, -0.2) is 86.4 Å². The molecule has 1 aromatic carbocycles. The van der Waals surface area contributed by atoms with Gasteiger partial charge in [0.15, 0.2) is 11.6 Å². The number of phenols is 1. The molecule has 0 heterocycles. The largest absolute Gasteiger partial charge is 0.510 e. The summed E-state index contributed by atoms with van der Waals surface area (Å²) < 4.78 is 0. The number of aromatic hydroxyl groups is 1. The fourth-order valence-corrected chi connectivity index (χ4v) is 6.59. The highest BCUT2D eigenvalue weighted by Crippen LogP contribution is 2.56. The van der Waals surface area contributed by atoms with Gasteiger partial charge in [-0.15, -0.1) is 0 Å². The van der Waals surface area contributed by atoms with Crippen molar-refractivity contribution in [1.82, 2.24) is 10.2 Å². The van der Waals surface area contributed by atoms with Crippen LogP contribution in [0.25, 0.3) is 0 Å². The van der Waals surface area contributed by atoms with Crippen molar-refractivity contribution in [2.45, 2.75) is 63.3 Å². The number of nitrogens with zero attached hydrogens (tertiary/aromatic N) is 1. The lowest BCUT2D eigenvalue weighted by atomic mass is 9.54. The Balaban J connectivity index is 2.03. The maximum Gasteiger partial charge on any atom is 0.196 e. The first-order chi connectivity index (χ1) is 16.9. The molecule has 0 saturated carbocycles. The lowest BCUT2D eigenvalue weighted by molar-refractivity contribution is -0.147. The summed E-state index contributed by atoms with van der Waals surface area (Å²) in [4.78, 5) is 28.1. The summed E-state index contributed by atoms with van der Waals surface area (Å²) >= 11 is 0. The number of Topliss-reactive ketones (excluding diaryl/α,β-unsaturated/α-hetero) is 2. The summed E-state index contributed by atoms with van der Waals surface area (Å²) in [6, 6.07) is 2.42. The van der Waals surface area contributed by atoms with E-state index in [4.69, 9.17) is 0 Å². The summed E-state index contributed by atoms with van der Waals surface area (Å²) in [5.41, 5.74) is -1.99. The van der Waals surface area contributed by atoms with Crippen LogP contribution in [0.3, 0.4) is 0 Å². The lowest BCUT2D eigenvalue weighted by Crippen LogP contribution is -2.72. The molecule has 36 heavy (non-hydrogen) atoms. The molecule has 3 aliphatic carbocycles. The van der Waals surface area contributed by atoms with E-state index in [1.165, 1.54) is 13.0 Å². The van der Waals surface area contributed by atoms with E-state index >= 15 is 0 Å². The molecule has 0 aromatic heterocycles. The molecular weight excluding hydrogens is 464 g/mol. The average molecular weight is 501 g/mol. The molecule has 0 aliphatic heterocycles. The maximum atomic E-state index is 13.7. The third-order valence-electron chi connectivity index (χ3n) is 8.23. The molecule has 7 atom stereocenters. The van der Waals surface area contributed by atoms with E-state index < -0.39 is 58.9 Å². The summed E-state index contributed by atoms with van der Waals surface area (Å²) in [5, 5.41) is 60.8. The molecule has 4 rings (SSSR count). The van der Waals surface area contributed by atoms with Crippen LogP contribution < -0.4 is 5.32 Å². The number of unbranched alkanes of at least 4 members (excludes halogenated alkanes) is 1. The number of carbonyl (C=O) groups excluding carboxylic acids is 2. The third-order valence-corrected chi connectivity index (χ3v) is 8.23. The Labute approximate surface area is 210 Å². The van der Waals surface area contributed by atoms with Crippen molar-refractivity contribution in [2.24, 2.45) is 11.8 Å². The Bertz CT molecular complexity index is 1160. The van der Waals surface area contributed by atoms with Gasteiger partial charge in [-0.25, -0.2) is 0 Å². The second-order valence-corrected chi connectivity index (χ2v) is 10.5. The zero-order chi connectivity index (χ0) is 26.7. The first kappa shape index (κ1) is 26.3. The van der Waals surface area contributed by atoms with Crippen molar-refractivity contribution in [3.63, 3.8) is 0 Å². The molecule has 9 nitrogen and oxygen atoms in total. The van der Waals surface area contributed by atoms with Gasteiger partial charge in [0.25, 0.3) is 0 Å². The number of hydrogen-bond donors (Lipinski definition) is 6. The smallest absolute Gasteiger partial charge is 0.196 e. The molecule has 1 aromatic rings. The first-order valence-corrected chi connectivity index (χ1v) is 12.4. The number of carbonyl (C=O) groups is 2. The van der Waals surface area contributed by atoms with Gasteiger partial charge in [0.05, 0.1) is 29.3 Å². The van der Waals surface area contributed by atoms with Crippen molar-refractivity contribution in [1.29, 1.82) is 0 Å². The average Bonchev–Trinajstić information content (AvgIpc) is 2.80. The summed E-state index contributed by atoms with van der Waals surface area (Å²) in [5.74, 6) is -4.90. The monoisotopic (exact) mass is 500 g/mol. The number of rotatable bonds is 6. The summed E-state index contributed by atoms with van der Waals surface area (Å²) in [7, 11) is 3.30. The second-order valence-electron chi connectivity index (χ2n) is 10.5. The molecule has 0 spiro atoms. The molecule has 0 fully saturated rings. The Morgan fingerprint density at radius 3 is 2.44 bits per heavy atom. The van der Waals surface area contributed by atoms with Gasteiger partial charge >= 0.3 is 0 Å². The number of benzene rings is 1. The van der Waals surface area contributed by atoms with Crippen LogP contribution in [0.5, 0.6) is 5.75 Å². The quantitative estimate of drug-likeness (QED) is 0.322. The van der Waals surface area contributed by atoms with E-state index in [1.807, 2.05) is 6.92 Å². The zero-order valence-electron chi connectivity index (χ0n) is 21.3. The summed E-state index contributed by atoms with van der Waals surface area (Å²) in [6.45, 7) is 5.40. The fourth-order valence-electron chi connectivity index (χ4n) is 6.59. The van der Waals surface area contributed by atoms with Gasteiger partial charge in [-0.2, -0.15) is 0 Å².